The van der Waals surface area contributed by atoms with Crippen molar-refractivity contribution in [3.05, 3.63) is 57.0 Å². The Morgan fingerprint density at radius 1 is 1.32 bits per heavy atom. The minimum Gasteiger partial charge on any atom is -0.491 e. The van der Waals surface area contributed by atoms with Crippen molar-refractivity contribution < 1.29 is 9.84 Å². The van der Waals surface area contributed by atoms with E-state index in [1.165, 1.54) is 15.8 Å². The highest BCUT2D eigenvalue weighted by Crippen LogP contribution is 2.34. The number of rotatable bonds is 5. The molecule has 130 valence electrons. The largest absolute Gasteiger partial charge is 0.491 e. The summed E-state index contributed by atoms with van der Waals surface area (Å²) >= 11 is 1.63. The number of nitrogens with zero attached hydrogens (tertiary/aromatic N) is 2. The lowest BCUT2D eigenvalue weighted by Crippen LogP contribution is -2.30. The Labute approximate surface area is 149 Å². The summed E-state index contributed by atoms with van der Waals surface area (Å²) in [7, 11) is 0. The van der Waals surface area contributed by atoms with Crippen LogP contribution < -0.4 is 10.3 Å². The first-order valence-electron chi connectivity index (χ1n) is 8.49. The SMILES string of the molecule is Cc1ccc(OC[C@@H](O)Cn2cnc3sc4c(c3c2=O)CCC4)cc1. The van der Waals surface area contributed by atoms with Crippen LogP contribution in [0, 0.1) is 6.92 Å². The molecular formula is C19H20N2O3S. The summed E-state index contributed by atoms with van der Waals surface area (Å²) in [6.45, 7) is 2.32. The molecule has 0 aliphatic heterocycles. The summed E-state index contributed by atoms with van der Waals surface area (Å²) in [5.74, 6) is 0.709. The number of aliphatic hydroxyl groups excluding tert-OH is 1. The molecule has 0 saturated carbocycles. The van der Waals surface area contributed by atoms with Crippen LogP contribution in [-0.4, -0.2) is 27.4 Å². The zero-order chi connectivity index (χ0) is 17.4. The summed E-state index contributed by atoms with van der Waals surface area (Å²) in [5, 5.41) is 11.0. The van der Waals surface area contributed by atoms with E-state index in [0.717, 1.165) is 40.6 Å². The Balaban J connectivity index is 1.49. The van der Waals surface area contributed by atoms with Crippen LogP contribution in [-0.2, 0) is 19.4 Å². The molecule has 0 fully saturated rings. The van der Waals surface area contributed by atoms with Gasteiger partial charge in [0.25, 0.3) is 5.56 Å². The second-order valence-electron chi connectivity index (χ2n) is 6.52. The number of aromatic nitrogens is 2. The lowest BCUT2D eigenvalue weighted by atomic mass is 10.2. The average molecular weight is 356 g/mol. The molecule has 2 heterocycles. The number of hydrogen-bond acceptors (Lipinski definition) is 5. The van der Waals surface area contributed by atoms with Crippen molar-refractivity contribution in [1.82, 2.24) is 9.55 Å². The van der Waals surface area contributed by atoms with Gasteiger partial charge in [-0.2, -0.15) is 0 Å². The van der Waals surface area contributed by atoms with Crippen molar-refractivity contribution in [2.75, 3.05) is 6.61 Å². The number of thiophene rings is 1. The number of hydrogen-bond donors (Lipinski definition) is 1. The maximum absolute atomic E-state index is 12.8. The molecule has 0 bridgehead atoms. The summed E-state index contributed by atoms with van der Waals surface area (Å²) in [4.78, 5) is 19.3. The van der Waals surface area contributed by atoms with Crippen LogP contribution in [0.4, 0.5) is 0 Å². The van der Waals surface area contributed by atoms with Gasteiger partial charge in [-0.25, -0.2) is 4.98 Å². The molecular weight excluding hydrogens is 336 g/mol. The molecule has 1 atom stereocenters. The molecule has 1 aromatic carbocycles. The Hall–Kier alpha value is -2.18. The normalized spacial score (nSPS) is 14.6. The predicted molar refractivity (Wildman–Crippen MR) is 98.6 cm³/mol. The standard InChI is InChI=1S/C19H20N2O3S/c1-12-5-7-14(8-6-12)24-10-13(22)9-21-11-20-18-17(19(21)23)15-3-2-4-16(15)25-18/h5-8,11,13,22H,2-4,9-10H2,1H3/t13-/m0/s1. The van der Waals surface area contributed by atoms with Gasteiger partial charge in [-0.05, 0) is 43.9 Å². The highest BCUT2D eigenvalue weighted by Gasteiger charge is 2.21. The van der Waals surface area contributed by atoms with Crippen LogP contribution in [0.2, 0.25) is 0 Å². The fourth-order valence-corrected chi connectivity index (χ4v) is 4.48. The topological polar surface area (TPSA) is 64.3 Å². The minimum absolute atomic E-state index is 0.0567. The molecule has 0 spiro atoms. The first-order chi connectivity index (χ1) is 12.1. The molecule has 6 heteroatoms. The Kier molecular flexibility index (Phi) is 4.31. The minimum atomic E-state index is -0.773. The van der Waals surface area contributed by atoms with E-state index >= 15 is 0 Å². The van der Waals surface area contributed by atoms with Crippen molar-refractivity contribution in [2.45, 2.75) is 38.8 Å². The van der Waals surface area contributed by atoms with Gasteiger partial charge in [0.15, 0.2) is 0 Å². The predicted octanol–water partition coefficient (Wildman–Crippen LogP) is 2.70. The summed E-state index contributed by atoms with van der Waals surface area (Å²) in [6.07, 6.45) is 3.87. The van der Waals surface area contributed by atoms with Gasteiger partial charge in [0.2, 0.25) is 0 Å². The summed E-state index contributed by atoms with van der Waals surface area (Å²) < 4.78 is 7.09. The van der Waals surface area contributed by atoms with Gasteiger partial charge in [-0.15, -0.1) is 11.3 Å². The molecule has 1 aliphatic rings. The summed E-state index contributed by atoms with van der Waals surface area (Å²) in [6, 6.07) is 7.66. The Bertz CT molecular complexity index is 959. The lowest BCUT2D eigenvalue weighted by molar-refractivity contribution is 0.0915. The monoisotopic (exact) mass is 356 g/mol. The number of benzene rings is 1. The van der Waals surface area contributed by atoms with E-state index in [1.54, 1.807) is 11.3 Å². The molecule has 3 aromatic rings. The van der Waals surface area contributed by atoms with Crippen molar-refractivity contribution >= 4 is 21.6 Å². The van der Waals surface area contributed by atoms with Gasteiger partial charge in [0.05, 0.1) is 18.3 Å². The van der Waals surface area contributed by atoms with Crippen LogP contribution in [0.1, 0.15) is 22.4 Å². The Morgan fingerprint density at radius 2 is 2.12 bits per heavy atom. The van der Waals surface area contributed by atoms with Gasteiger partial charge >= 0.3 is 0 Å². The van der Waals surface area contributed by atoms with E-state index < -0.39 is 6.10 Å². The Morgan fingerprint density at radius 3 is 2.92 bits per heavy atom. The van der Waals surface area contributed by atoms with Gasteiger partial charge < -0.3 is 9.84 Å². The van der Waals surface area contributed by atoms with Crippen molar-refractivity contribution in [1.29, 1.82) is 0 Å². The molecule has 2 aromatic heterocycles. The molecule has 25 heavy (non-hydrogen) atoms. The van der Waals surface area contributed by atoms with Gasteiger partial charge in [0.1, 0.15) is 23.3 Å². The molecule has 0 amide bonds. The molecule has 0 unspecified atom stereocenters. The number of ether oxygens (including phenoxy) is 1. The van der Waals surface area contributed by atoms with Crippen LogP contribution >= 0.6 is 11.3 Å². The second-order valence-corrected chi connectivity index (χ2v) is 7.60. The third kappa shape index (κ3) is 3.19. The van der Waals surface area contributed by atoms with E-state index in [-0.39, 0.29) is 18.7 Å². The van der Waals surface area contributed by atoms with E-state index in [0.29, 0.717) is 5.75 Å². The zero-order valence-corrected chi connectivity index (χ0v) is 14.9. The van der Waals surface area contributed by atoms with E-state index in [2.05, 4.69) is 4.98 Å². The fourth-order valence-electron chi connectivity index (χ4n) is 3.26. The van der Waals surface area contributed by atoms with E-state index in [4.69, 9.17) is 4.74 Å². The number of aryl methyl sites for hydroxylation is 3. The average Bonchev–Trinajstić information content (AvgIpc) is 3.18. The number of aliphatic hydroxyl groups is 1. The van der Waals surface area contributed by atoms with Crippen LogP contribution in [0.3, 0.4) is 0 Å². The lowest BCUT2D eigenvalue weighted by Gasteiger charge is -2.14. The van der Waals surface area contributed by atoms with Crippen LogP contribution in [0.15, 0.2) is 35.4 Å². The van der Waals surface area contributed by atoms with Crippen LogP contribution in [0.25, 0.3) is 10.2 Å². The molecule has 1 aliphatic carbocycles. The molecule has 4 rings (SSSR count). The van der Waals surface area contributed by atoms with Gasteiger partial charge in [-0.1, -0.05) is 17.7 Å². The summed E-state index contributed by atoms with van der Waals surface area (Å²) in [5.41, 5.74) is 2.26. The van der Waals surface area contributed by atoms with Crippen molar-refractivity contribution in [3.8, 4) is 5.75 Å². The van der Waals surface area contributed by atoms with E-state index in [1.807, 2.05) is 31.2 Å². The van der Waals surface area contributed by atoms with Crippen LogP contribution in [0.5, 0.6) is 5.75 Å². The fraction of sp³-hybridized carbons (Fsp3) is 0.368. The zero-order valence-electron chi connectivity index (χ0n) is 14.1. The third-order valence-corrected chi connectivity index (χ3v) is 5.76. The molecule has 0 saturated heterocycles. The third-order valence-electron chi connectivity index (χ3n) is 4.56. The maximum Gasteiger partial charge on any atom is 0.262 e. The van der Waals surface area contributed by atoms with Gasteiger partial charge in [0, 0.05) is 4.88 Å². The van der Waals surface area contributed by atoms with Crippen molar-refractivity contribution in [2.24, 2.45) is 0 Å². The highest BCUT2D eigenvalue weighted by atomic mass is 32.1. The van der Waals surface area contributed by atoms with Crippen molar-refractivity contribution in [3.63, 3.8) is 0 Å². The van der Waals surface area contributed by atoms with E-state index in [9.17, 15) is 9.90 Å². The smallest absolute Gasteiger partial charge is 0.262 e. The number of fused-ring (bicyclic) bond motifs is 3. The maximum atomic E-state index is 12.8. The highest BCUT2D eigenvalue weighted by molar-refractivity contribution is 7.18. The molecule has 1 N–H and O–H groups in total. The molecule has 0 radical (unpaired) electrons. The quantitative estimate of drug-likeness (QED) is 0.763. The first kappa shape index (κ1) is 16.3. The second kappa shape index (κ2) is 6.61. The molecule has 5 nitrogen and oxygen atoms in total. The first-order valence-corrected chi connectivity index (χ1v) is 9.30. The van der Waals surface area contributed by atoms with Gasteiger partial charge in [-0.3, -0.25) is 9.36 Å².